The molecule has 0 unspecified atom stereocenters. The molecular weight excluding hydrogens is 370 g/mol. The number of aromatic nitrogens is 1. The minimum absolute atomic E-state index is 0.0166. The van der Waals surface area contributed by atoms with Crippen molar-refractivity contribution in [2.75, 3.05) is 5.32 Å². The maximum Gasteiger partial charge on any atom is 0.343 e. The van der Waals surface area contributed by atoms with E-state index in [1.54, 1.807) is 36.0 Å². The molecule has 7 nitrogen and oxygen atoms in total. The summed E-state index contributed by atoms with van der Waals surface area (Å²) >= 11 is 0. The van der Waals surface area contributed by atoms with Crippen LogP contribution in [-0.2, 0) is 9.53 Å². The zero-order valence-corrected chi connectivity index (χ0v) is 16.6. The van der Waals surface area contributed by atoms with E-state index in [-0.39, 0.29) is 22.8 Å². The summed E-state index contributed by atoms with van der Waals surface area (Å²) < 4.78 is 12.5. The second-order valence-corrected chi connectivity index (χ2v) is 6.72. The third kappa shape index (κ3) is 3.92. The third-order valence-corrected chi connectivity index (χ3v) is 4.60. The first kappa shape index (κ1) is 20.0. The molecule has 0 aliphatic carbocycles. The van der Waals surface area contributed by atoms with Gasteiger partial charge in [-0.2, -0.15) is 5.26 Å². The lowest BCUT2D eigenvalue weighted by Gasteiger charge is -2.16. The average molecular weight is 391 g/mol. The lowest BCUT2D eigenvalue weighted by atomic mass is 10.1. The van der Waals surface area contributed by atoms with Gasteiger partial charge in [0.25, 0.3) is 5.91 Å². The summed E-state index contributed by atoms with van der Waals surface area (Å²) in [4.78, 5) is 25.2. The van der Waals surface area contributed by atoms with E-state index in [9.17, 15) is 14.9 Å². The lowest BCUT2D eigenvalue weighted by molar-refractivity contribution is -0.123. The fourth-order valence-electron chi connectivity index (χ4n) is 3.04. The standard InChI is InChI=1S/C22H21N3O4/c1-13-8-7-9-14(2)19(13)24-20(26)16(4)29-22(27)18-15(3)28-21(17(18)12-23)25-10-5-6-11-25/h5-11,16H,1-4H3,(H,24,26)/t16-/m0/s1. The number of nitrogens with zero attached hydrogens (tertiary/aromatic N) is 2. The van der Waals surface area contributed by atoms with Gasteiger partial charge in [0.1, 0.15) is 23.0 Å². The summed E-state index contributed by atoms with van der Waals surface area (Å²) in [7, 11) is 0. The zero-order valence-electron chi connectivity index (χ0n) is 16.6. The van der Waals surface area contributed by atoms with Crippen LogP contribution in [0.2, 0.25) is 0 Å². The largest absolute Gasteiger partial charge is 0.449 e. The Labute approximate surface area is 168 Å². The first-order valence-electron chi connectivity index (χ1n) is 9.08. The van der Waals surface area contributed by atoms with E-state index in [1.807, 2.05) is 38.1 Å². The number of furan rings is 1. The number of carbonyl (C=O) groups excluding carboxylic acids is 2. The van der Waals surface area contributed by atoms with Crippen molar-refractivity contribution in [1.29, 1.82) is 5.26 Å². The predicted octanol–water partition coefficient (Wildman–Crippen LogP) is 4.05. The van der Waals surface area contributed by atoms with Crippen LogP contribution >= 0.6 is 0 Å². The average Bonchev–Trinajstić information content (AvgIpc) is 3.31. The van der Waals surface area contributed by atoms with E-state index in [0.717, 1.165) is 11.1 Å². The lowest BCUT2D eigenvalue weighted by Crippen LogP contribution is -2.30. The number of hydrogen-bond donors (Lipinski definition) is 1. The van der Waals surface area contributed by atoms with Gasteiger partial charge >= 0.3 is 5.97 Å². The van der Waals surface area contributed by atoms with Crippen LogP contribution in [-0.4, -0.2) is 22.5 Å². The molecule has 0 aliphatic heterocycles. The van der Waals surface area contributed by atoms with Gasteiger partial charge in [-0.05, 0) is 51.0 Å². The number of nitriles is 1. The molecule has 0 spiro atoms. The van der Waals surface area contributed by atoms with Crippen LogP contribution in [0.4, 0.5) is 5.69 Å². The predicted molar refractivity (Wildman–Crippen MR) is 107 cm³/mol. The highest BCUT2D eigenvalue weighted by Gasteiger charge is 2.28. The van der Waals surface area contributed by atoms with Gasteiger partial charge < -0.3 is 14.5 Å². The Balaban J connectivity index is 1.80. The van der Waals surface area contributed by atoms with Crippen LogP contribution < -0.4 is 5.32 Å². The summed E-state index contributed by atoms with van der Waals surface area (Å²) in [6.07, 6.45) is 2.35. The molecule has 3 rings (SSSR count). The molecule has 29 heavy (non-hydrogen) atoms. The van der Waals surface area contributed by atoms with E-state index in [4.69, 9.17) is 9.15 Å². The summed E-state index contributed by atoms with van der Waals surface area (Å²) in [6.45, 7) is 6.83. The Morgan fingerprint density at radius 3 is 2.34 bits per heavy atom. The van der Waals surface area contributed by atoms with E-state index in [0.29, 0.717) is 5.69 Å². The van der Waals surface area contributed by atoms with Crippen LogP contribution in [0, 0.1) is 32.1 Å². The topological polar surface area (TPSA) is 97.3 Å². The van der Waals surface area contributed by atoms with Gasteiger partial charge in [-0.15, -0.1) is 0 Å². The highest BCUT2D eigenvalue weighted by atomic mass is 16.5. The van der Waals surface area contributed by atoms with Gasteiger partial charge in [-0.1, -0.05) is 18.2 Å². The smallest absolute Gasteiger partial charge is 0.343 e. The molecule has 0 aliphatic rings. The highest BCUT2D eigenvalue weighted by molar-refractivity contribution is 5.99. The number of benzene rings is 1. The minimum atomic E-state index is -1.06. The van der Waals surface area contributed by atoms with Crippen molar-refractivity contribution >= 4 is 17.6 Å². The molecule has 2 aromatic heterocycles. The Morgan fingerprint density at radius 1 is 1.14 bits per heavy atom. The summed E-state index contributed by atoms with van der Waals surface area (Å²) in [6, 6.07) is 11.2. The first-order valence-corrected chi connectivity index (χ1v) is 9.08. The van der Waals surface area contributed by atoms with Crippen molar-refractivity contribution < 1.29 is 18.7 Å². The third-order valence-electron chi connectivity index (χ3n) is 4.60. The summed E-state index contributed by atoms with van der Waals surface area (Å²) in [5.41, 5.74) is 2.58. The van der Waals surface area contributed by atoms with Crippen molar-refractivity contribution in [2.45, 2.75) is 33.8 Å². The minimum Gasteiger partial charge on any atom is -0.449 e. The molecule has 7 heteroatoms. The number of amides is 1. The molecule has 1 aromatic carbocycles. The molecule has 0 fully saturated rings. The maximum absolute atomic E-state index is 12.7. The summed E-state index contributed by atoms with van der Waals surface area (Å²) in [5, 5.41) is 12.3. The molecule has 148 valence electrons. The molecule has 1 atom stereocenters. The van der Waals surface area contributed by atoms with Crippen molar-refractivity contribution in [3.8, 4) is 12.0 Å². The number of hydrogen-bond acceptors (Lipinski definition) is 5. The molecule has 1 N–H and O–H groups in total. The van der Waals surface area contributed by atoms with Gasteiger partial charge in [0, 0.05) is 18.1 Å². The van der Waals surface area contributed by atoms with Crippen molar-refractivity contribution in [3.05, 3.63) is 70.7 Å². The number of para-hydroxylation sites is 1. The monoisotopic (exact) mass is 391 g/mol. The van der Waals surface area contributed by atoms with E-state index >= 15 is 0 Å². The summed E-state index contributed by atoms with van der Waals surface area (Å²) in [5.74, 6) is -0.765. The molecule has 0 saturated heterocycles. The highest BCUT2D eigenvalue weighted by Crippen LogP contribution is 2.26. The number of carbonyl (C=O) groups is 2. The number of nitrogens with one attached hydrogen (secondary N) is 1. The molecular formula is C22H21N3O4. The number of anilines is 1. The van der Waals surface area contributed by atoms with Crippen LogP contribution in [0.1, 0.15) is 39.7 Å². The van der Waals surface area contributed by atoms with Crippen LogP contribution in [0.15, 0.2) is 47.1 Å². The first-order chi connectivity index (χ1) is 13.8. The normalized spacial score (nSPS) is 11.6. The quantitative estimate of drug-likeness (QED) is 0.662. The van der Waals surface area contributed by atoms with Crippen LogP contribution in [0.5, 0.6) is 0 Å². The van der Waals surface area contributed by atoms with Gasteiger partial charge in [-0.3, -0.25) is 9.36 Å². The number of rotatable bonds is 5. The molecule has 0 saturated carbocycles. The van der Waals surface area contributed by atoms with Crippen molar-refractivity contribution in [2.24, 2.45) is 0 Å². The number of ether oxygens (including phenoxy) is 1. The Bertz CT molecular complexity index is 1080. The molecule has 0 bridgehead atoms. The van der Waals surface area contributed by atoms with E-state index in [2.05, 4.69) is 5.32 Å². The van der Waals surface area contributed by atoms with Crippen molar-refractivity contribution in [1.82, 2.24) is 4.57 Å². The second kappa shape index (κ2) is 8.07. The second-order valence-electron chi connectivity index (χ2n) is 6.72. The Morgan fingerprint density at radius 2 is 1.76 bits per heavy atom. The Kier molecular flexibility index (Phi) is 5.55. The van der Waals surface area contributed by atoms with Crippen LogP contribution in [0.25, 0.3) is 5.88 Å². The molecule has 1 amide bonds. The van der Waals surface area contributed by atoms with Gasteiger partial charge in [0.05, 0.1) is 0 Å². The molecule has 2 heterocycles. The maximum atomic E-state index is 12.7. The van der Waals surface area contributed by atoms with Gasteiger partial charge in [0.15, 0.2) is 6.10 Å². The molecule has 3 aromatic rings. The SMILES string of the molecule is Cc1cccc(C)c1NC(=O)[C@H](C)OC(=O)c1c(C)oc(-n2cccc2)c1C#N. The fraction of sp³-hybridized carbons (Fsp3) is 0.227. The Hall–Kier alpha value is -3.79. The zero-order chi connectivity index (χ0) is 21.1. The van der Waals surface area contributed by atoms with Crippen molar-refractivity contribution in [3.63, 3.8) is 0 Å². The fourth-order valence-corrected chi connectivity index (χ4v) is 3.04. The van der Waals surface area contributed by atoms with E-state index in [1.165, 1.54) is 6.92 Å². The van der Waals surface area contributed by atoms with E-state index < -0.39 is 18.0 Å². The van der Waals surface area contributed by atoms with Gasteiger partial charge in [0.2, 0.25) is 5.88 Å². The number of esters is 1. The number of aryl methyl sites for hydroxylation is 3. The molecule has 0 radical (unpaired) electrons. The van der Waals surface area contributed by atoms with Crippen LogP contribution in [0.3, 0.4) is 0 Å². The van der Waals surface area contributed by atoms with Gasteiger partial charge in [-0.25, -0.2) is 4.79 Å².